The number of nitrogens with zero attached hydrogens (tertiary/aromatic N) is 2. The van der Waals surface area contributed by atoms with Crippen LogP contribution in [0.5, 0.6) is 0 Å². The molecule has 2 aliphatic carbocycles. The van der Waals surface area contributed by atoms with Crippen LogP contribution in [-0.4, -0.2) is 9.36 Å². The maximum absolute atomic E-state index is 12.5. The molecule has 0 aromatic carbocycles. The van der Waals surface area contributed by atoms with E-state index in [4.69, 9.17) is 5.73 Å². The quantitative estimate of drug-likeness (QED) is 0.892. The summed E-state index contributed by atoms with van der Waals surface area (Å²) in [5.41, 5.74) is 7.81. The Labute approximate surface area is 114 Å². The van der Waals surface area contributed by atoms with E-state index in [1.165, 1.54) is 44.9 Å². The number of nitrogen functional groups attached to an aromatic ring is 1. The maximum atomic E-state index is 12.5. The molecule has 0 saturated heterocycles. The summed E-state index contributed by atoms with van der Waals surface area (Å²) in [7, 11) is 2.03. The normalized spacial score (nSPS) is 22.2. The van der Waals surface area contributed by atoms with E-state index in [0.29, 0.717) is 17.6 Å². The third-order valence-electron chi connectivity index (χ3n) is 5.05. The molecular weight excluding hydrogens is 238 g/mol. The van der Waals surface area contributed by atoms with Crippen LogP contribution in [0, 0.1) is 0 Å². The Hall–Kier alpha value is -1.19. The van der Waals surface area contributed by atoms with E-state index in [0.717, 1.165) is 18.5 Å². The molecule has 0 bridgehead atoms. The van der Waals surface area contributed by atoms with Gasteiger partial charge in [0.25, 0.3) is 5.56 Å². The van der Waals surface area contributed by atoms with Gasteiger partial charge in [-0.1, -0.05) is 32.1 Å². The van der Waals surface area contributed by atoms with E-state index in [-0.39, 0.29) is 5.56 Å². The number of rotatable bonds is 2. The Balaban J connectivity index is 2.00. The first kappa shape index (κ1) is 12.8. The van der Waals surface area contributed by atoms with Gasteiger partial charge >= 0.3 is 0 Å². The first-order valence-electron chi connectivity index (χ1n) is 7.77. The molecule has 2 aliphatic rings. The second-order valence-electron chi connectivity index (χ2n) is 6.25. The Kier molecular flexibility index (Phi) is 3.42. The summed E-state index contributed by atoms with van der Waals surface area (Å²) >= 11 is 0. The van der Waals surface area contributed by atoms with Crippen molar-refractivity contribution in [3.05, 3.63) is 16.0 Å². The zero-order valence-electron chi connectivity index (χ0n) is 11.9. The molecule has 4 nitrogen and oxygen atoms in total. The molecule has 0 atom stereocenters. The molecule has 0 amide bonds. The monoisotopic (exact) mass is 263 g/mol. The van der Waals surface area contributed by atoms with E-state index in [1.54, 1.807) is 0 Å². The maximum Gasteiger partial charge on any atom is 0.290 e. The highest BCUT2D eigenvalue weighted by Crippen LogP contribution is 2.37. The first-order chi connectivity index (χ1) is 9.20. The molecule has 2 N–H and O–H groups in total. The molecule has 1 aromatic heterocycles. The van der Waals surface area contributed by atoms with E-state index >= 15 is 0 Å². The molecule has 0 unspecified atom stereocenters. The van der Waals surface area contributed by atoms with E-state index in [1.807, 2.05) is 11.7 Å². The highest BCUT2D eigenvalue weighted by molar-refractivity contribution is 5.44. The highest BCUT2D eigenvalue weighted by Gasteiger charge is 2.28. The van der Waals surface area contributed by atoms with Crippen LogP contribution in [0.4, 0.5) is 5.69 Å². The number of anilines is 1. The minimum absolute atomic E-state index is 0.0521. The van der Waals surface area contributed by atoms with Crippen molar-refractivity contribution in [2.45, 2.75) is 69.7 Å². The lowest BCUT2D eigenvalue weighted by molar-refractivity contribution is 0.290. The Morgan fingerprint density at radius 2 is 1.58 bits per heavy atom. The molecule has 0 spiro atoms. The third kappa shape index (κ3) is 2.11. The zero-order chi connectivity index (χ0) is 13.4. The van der Waals surface area contributed by atoms with Crippen LogP contribution in [-0.2, 0) is 7.05 Å². The number of hydrogen-bond donors (Lipinski definition) is 1. The fraction of sp³-hybridized carbons (Fsp3) is 0.800. The molecule has 1 heterocycles. The summed E-state index contributed by atoms with van der Waals surface area (Å²) in [4.78, 5) is 12.5. The number of aromatic nitrogens is 2. The first-order valence-corrected chi connectivity index (χ1v) is 7.77. The van der Waals surface area contributed by atoms with Gasteiger partial charge in [-0.25, -0.2) is 4.68 Å². The molecule has 2 fully saturated rings. The van der Waals surface area contributed by atoms with Gasteiger partial charge in [0.05, 0.1) is 11.7 Å². The van der Waals surface area contributed by atoms with Crippen molar-refractivity contribution in [2.24, 2.45) is 7.05 Å². The molecule has 0 radical (unpaired) electrons. The molecule has 1 aromatic rings. The van der Waals surface area contributed by atoms with Crippen molar-refractivity contribution in [1.29, 1.82) is 0 Å². The summed E-state index contributed by atoms with van der Waals surface area (Å²) in [6.07, 6.45) is 10.9. The topological polar surface area (TPSA) is 52.9 Å². The van der Waals surface area contributed by atoms with Crippen molar-refractivity contribution >= 4 is 5.69 Å². The van der Waals surface area contributed by atoms with Gasteiger partial charge in [-0.3, -0.25) is 9.48 Å². The Morgan fingerprint density at radius 1 is 1.00 bits per heavy atom. The lowest BCUT2D eigenvalue weighted by Crippen LogP contribution is -2.28. The number of nitrogens with two attached hydrogens (primary N) is 1. The minimum Gasteiger partial charge on any atom is -0.393 e. The van der Waals surface area contributed by atoms with Crippen LogP contribution >= 0.6 is 0 Å². The van der Waals surface area contributed by atoms with Crippen LogP contribution in [0.25, 0.3) is 0 Å². The highest BCUT2D eigenvalue weighted by atomic mass is 16.1. The fourth-order valence-corrected chi connectivity index (χ4v) is 4.08. The van der Waals surface area contributed by atoms with Gasteiger partial charge in [0.2, 0.25) is 0 Å². The van der Waals surface area contributed by atoms with Gasteiger partial charge < -0.3 is 5.73 Å². The standard InChI is InChI=1S/C15H25N3O/c1-17-14(11-7-5-6-8-11)13(16)15(19)18(17)12-9-3-2-4-10-12/h11-12H,2-10,16H2,1H3. The summed E-state index contributed by atoms with van der Waals surface area (Å²) in [6, 6.07) is 0.365. The molecule has 106 valence electrons. The van der Waals surface area contributed by atoms with Gasteiger partial charge in [0.15, 0.2) is 0 Å². The third-order valence-corrected chi connectivity index (χ3v) is 5.05. The van der Waals surface area contributed by atoms with Crippen LogP contribution in [0.2, 0.25) is 0 Å². The lowest BCUT2D eigenvalue weighted by Gasteiger charge is -2.25. The summed E-state index contributed by atoms with van der Waals surface area (Å²) in [5.74, 6) is 0.502. The molecule has 4 heteroatoms. The van der Waals surface area contributed by atoms with Crippen molar-refractivity contribution in [3.8, 4) is 0 Å². The smallest absolute Gasteiger partial charge is 0.290 e. The second kappa shape index (κ2) is 5.06. The van der Waals surface area contributed by atoms with Crippen molar-refractivity contribution < 1.29 is 0 Å². The van der Waals surface area contributed by atoms with E-state index in [9.17, 15) is 4.79 Å². The molecular formula is C15H25N3O. The van der Waals surface area contributed by atoms with E-state index in [2.05, 4.69) is 4.68 Å². The Bertz CT molecular complexity index is 502. The summed E-state index contributed by atoms with van der Waals surface area (Å²) in [5, 5.41) is 0. The fourth-order valence-electron chi connectivity index (χ4n) is 4.08. The van der Waals surface area contributed by atoms with Crippen LogP contribution < -0.4 is 11.3 Å². The van der Waals surface area contributed by atoms with Crippen LogP contribution in [0.3, 0.4) is 0 Å². The van der Waals surface area contributed by atoms with Gasteiger partial charge in [-0.15, -0.1) is 0 Å². The zero-order valence-corrected chi connectivity index (χ0v) is 11.9. The van der Waals surface area contributed by atoms with Crippen molar-refractivity contribution in [3.63, 3.8) is 0 Å². The Morgan fingerprint density at radius 3 is 2.21 bits per heavy atom. The predicted octanol–water partition coefficient (Wildman–Crippen LogP) is 2.93. The minimum atomic E-state index is 0.0521. The van der Waals surface area contributed by atoms with Gasteiger partial charge in [0.1, 0.15) is 5.69 Å². The van der Waals surface area contributed by atoms with Crippen LogP contribution in [0.1, 0.15) is 75.4 Å². The lowest BCUT2D eigenvalue weighted by atomic mass is 9.96. The van der Waals surface area contributed by atoms with Crippen molar-refractivity contribution in [2.75, 3.05) is 5.73 Å². The average Bonchev–Trinajstić information content (AvgIpc) is 3.00. The number of hydrogen-bond acceptors (Lipinski definition) is 2. The van der Waals surface area contributed by atoms with Gasteiger partial charge in [-0.05, 0) is 25.7 Å². The van der Waals surface area contributed by atoms with E-state index < -0.39 is 0 Å². The molecule has 3 rings (SSSR count). The predicted molar refractivity (Wildman–Crippen MR) is 77.4 cm³/mol. The molecule has 2 saturated carbocycles. The molecule has 0 aliphatic heterocycles. The van der Waals surface area contributed by atoms with Crippen LogP contribution in [0.15, 0.2) is 4.79 Å². The second-order valence-corrected chi connectivity index (χ2v) is 6.25. The molecule has 19 heavy (non-hydrogen) atoms. The average molecular weight is 263 g/mol. The van der Waals surface area contributed by atoms with Gasteiger partial charge in [0, 0.05) is 13.0 Å². The largest absolute Gasteiger partial charge is 0.393 e. The summed E-state index contributed by atoms with van der Waals surface area (Å²) in [6.45, 7) is 0. The van der Waals surface area contributed by atoms with Gasteiger partial charge in [-0.2, -0.15) is 0 Å². The summed E-state index contributed by atoms with van der Waals surface area (Å²) < 4.78 is 4.03. The van der Waals surface area contributed by atoms with Crippen molar-refractivity contribution in [1.82, 2.24) is 9.36 Å². The SMILES string of the molecule is Cn1c(C2CCCC2)c(N)c(=O)n1C1CCCCC1.